The zero-order chi connectivity index (χ0) is 15.6. The number of benzene rings is 1. The lowest BCUT2D eigenvalue weighted by atomic mass is 10.1. The summed E-state index contributed by atoms with van der Waals surface area (Å²) in [5.41, 5.74) is 1.80. The van der Waals surface area contributed by atoms with Gasteiger partial charge in [0.25, 0.3) is 5.91 Å². The fourth-order valence-corrected chi connectivity index (χ4v) is 2.84. The number of hydrogen-bond donors (Lipinski definition) is 0. The van der Waals surface area contributed by atoms with Crippen LogP contribution in [0.25, 0.3) is 0 Å². The third-order valence-electron chi connectivity index (χ3n) is 3.36. The van der Waals surface area contributed by atoms with Crippen LogP contribution in [-0.2, 0) is 6.54 Å². The Labute approximate surface area is 134 Å². The van der Waals surface area contributed by atoms with E-state index in [0.717, 1.165) is 21.6 Å². The van der Waals surface area contributed by atoms with Crippen molar-refractivity contribution in [3.05, 3.63) is 57.5 Å². The summed E-state index contributed by atoms with van der Waals surface area (Å²) in [6, 6.07) is 9.71. The number of nitrogens with zero attached hydrogens (tertiary/aromatic N) is 1. The van der Waals surface area contributed by atoms with Crippen molar-refractivity contribution in [1.29, 1.82) is 0 Å². The molecule has 1 aromatic carbocycles. The molecule has 0 bridgehead atoms. The van der Waals surface area contributed by atoms with E-state index in [4.69, 9.17) is 4.42 Å². The summed E-state index contributed by atoms with van der Waals surface area (Å²) >= 11 is 3.48. The standard InChI is InChI=1S/C17H20BrNO2/c1-11(2)19(10-14-7-6-13(4)21-14)17(20)15-8-5-12(3)9-16(15)18/h5-9,11H,10H2,1-4H3. The summed E-state index contributed by atoms with van der Waals surface area (Å²) in [6.07, 6.45) is 0. The first-order valence-electron chi connectivity index (χ1n) is 7.01. The zero-order valence-corrected chi connectivity index (χ0v) is 14.4. The van der Waals surface area contributed by atoms with Crippen LogP contribution >= 0.6 is 15.9 Å². The average Bonchev–Trinajstić information content (AvgIpc) is 2.80. The number of halogens is 1. The second-order valence-electron chi connectivity index (χ2n) is 5.52. The van der Waals surface area contributed by atoms with Gasteiger partial charge < -0.3 is 9.32 Å². The van der Waals surface area contributed by atoms with E-state index in [1.807, 2.05) is 62.9 Å². The number of rotatable bonds is 4. The Balaban J connectivity index is 2.27. The third-order valence-corrected chi connectivity index (χ3v) is 4.02. The Morgan fingerprint density at radius 1 is 1.24 bits per heavy atom. The van der Waals surface area contributed by atoms with E-state index in [0.29, 0.717) is 12.1 Å². The van der Waals surface area contributed by atoms with Gasteiger partial charge in [0.2, 0.25) is 0 Å². The lowest BCUT2D eigenvalue weighted by molar-refractivity contribution is 0.0674. The molecule has 21 heavy (non-hydrogen) atoms. The van der Waals surface area contributed by atoms with Crippen LogP contribution in [0.5, 0.6) is 0 Å². The number of hydrogen-bond acceptors (Lipinski definition) is 2. The first-order valence-corrected chi connectivity index (χ1v) is 7.80. The minimum atomic E-state index is 0.00549. The molecule has 0 atom stereocenters. The van der Waals surface area contributed by atoms with Crippen molar-refractivity contribution >= 4 is 21.8 Å². The summed E-state index contributed by atoms with van der Waals surface area (Å²) in [5.74, 6) is 1.67. The maximum absolute atomic E-state index is 12.8. The molecule has 1 aromatic heterocycles. The van der Waals surface area contributed by atoms with Crippen LogP contribution in [0, 0.1) is 13.8 Å². The van der Waals surface area contributed by atoms with E-state index in [-0.39, 0.29) is 11.9 Å². The van der Waals surface area contributed by atoms with Gasteiger partial charge in [-0.25, -0.2) is 0 Å². The molecule has 0 aliphatic heterocycles. The normalized spacial score (nSPS) is 11.0. The van der Waals surface area contributed by atoms with E-state index < -0.39 is 0 Å². The van der Waals surface area contributed by atoms with Gasteiger partial charge in [0.15, 0.2) is 0 Å². The van der Waals surface area contributed by atoms with Crippen LogP contribution < -0.4 is 0 Å². The van der Waals surface area contributed by atoms with Crippen LogP contribution in [0.1, 0.15) is 41.3 Å². The number of amides is 1. The van der Waals surface area contributed by atoms with Crippen molar-refractivity contribution in [2.45, 2.75) is 40.3 Å². The summed E-state index contributed by atoms with van der Waals surface area (Å²) in [5, 5.41) is 0. The van der Waals surface area contributed by atoms with Crippen molar-refractivity contribution in [1.82, 2.24) is 4.90 Å². The molecule has 1 amide bonds. The van der Waals surface area contributed by atoms with Crippen LogP contribution in [0.15, 0.2) is 39.2 Å². The smallest absolute Gasteiger partial charge is 0.255 e. The van der Waals surface area contributed by atoms with Crippen LogP contribution in [0.3, 0.4) is 0 Å². The lowest BCUT2D eigenvalue weighted by Crippen LogP contribution is -2.36. The number of carbonyl (C=O) groups is 1. The summed E-state index contributed by atoms with van der Waals surface area (Å²) < 4.78 is 6.42. The van der Waals surface area contributed by atoms with Crippen molar-refractivity contribution in [2.75, 3.05) is 0 Å². The monoisotopic (exact) mass is 349 g/mol. The maximum Gasteiger partial charge on any atom is 0.255 e. The van der Waals surface area contributed by atoms with Crippen molar-refractivity contribution in [2.24, 2.45) is 0 Å². The molecule has 0 unspecified atom stereocenters. The van der Waals surface area contributed by atoms with Gasteiger partial charge >= 0.3 is 0 Å². The molecule has 0 radical (unpaired) electrons. The van der Waals surface area contributed by atoms with Gasteiger partial charge in [-0.1, -0.05) is 6.07 Å². The Morgan fingerprint density at radius 2 is 1.95 bits per heavy atom. The fraction of sp³-hybridized carbons (Fsp3) is 0.353. The molecule has 0 N–H and O–H groups in total. The minimum absolute atomic E-state index is 0.00549. The van der Waals surface area contributed by atoms with Crippen molar-refractivity contribution in [3.63, 3.8) is 0 Å². The Hall–Kier alpha value is -1.55. The quantitative estimate of drug-likeness (QED) is 0.800. The fourth-order valence-electron chi connectivity index (χ4n) is 2.18. The second-order valence-corrected chi connectivity index (χ2v) is 6.38. The molecule has 2 rings (SSSR count). The van der Waals surface area contributed by atoms with Gasteiger partial charge in [-0.15, -0.1) is 0 Å². The van der Waals surface area contributed by atoms with Crippen LogP contribution in [0.4, 0.5) is 0 Å². The van der Waals surface area contributed by atoms with E-state index in [2.05, 4.69) is 15.9 Å². The van der Waals surface area contributed by atoms with E-state index in [1.54, 1.807) is 0 Å². The minimum Gasteiger partial charge on any atom is -0.464 e. The number of aryl methyl sites for hydroxylation is 2. The molecular formula is C17H20BrNO2. The third kappa shape index (κ3) is 3.76. The SMILES string of the molecule is Cc1ccc(C(=O)N(Cc2ccc(C)o2)C(C)C)c(Br)c1. The summed E-state index contributed by atoms with van der Waals surface area (Å²) in [7, 11) is 0. The summed E-state index contributed by atoms with van der Waals surface area (Å²) in [6.45, 7) is 8.41. The van der Waals surface area contributed by atoms with Gasteiger partial charge in [0, 0.05) is 10.5 Å². The van der Waals surface area contributed by atoms with Crippen LogP contribution in [-0.4, -0.2) is 16.8 Å². The van der Waals surface area contributed by atoms with Crippen molar-refractivity contribution in [3.8, 4) is 0 Å². The van der Waals surface area contributed by atoms with E-state index in [1.165, 1.54) is 0 Å². The number of carbonyl (C=O) groups excluding carboxylic acids is 1. The molecule has 0 aliphatic carbocycles. The van der Waals surface area contributed by atoms with Gasteiger partial charge in [0.05, 0.1) is 12.1 Å². The molecule has 0 fully saturated rings. The van der Waals surface area contributed by atoms with E-state index in [9.17, 15) is 4.79 Å². The highest BCUT2D eigenvalue weighted by atomic mass is 79.9. The topological polar surface area (TPSA) is 33.5 Å². The highest BCUT2D eigenvalue weighted by Crippen LogP contribution is 2.22. The Kier molecular flexibility index (Phi) is 4.88. The summed E-state index contributed by atoms with van der Waals surface area (Å²) in [4.78, 5) is 14.6. The highest BCUT2D eigenvalue weighted by Gasteiger charge is 2.22. The molecule has 4 heteroatoms. The van der Waals surface area contributed by atoms with Crippen LogP contribution in [0.2, 0.25) is 0 Å². The first kappa shape index (κ1) is 15.8. The largest absolute Gasteiger partial charge is 0.464 e. The molecule has 3 nitrogen and oxygen atoms in total. The molecule has 0 saturated carbocycles. The van der Waals surface area contributed by atoms with Gasteiger partial charge in [-0.2, -0.15) is 0 Å². The molecule has 1 heterocycles. The van der Waals surface area contributed by atoms with E-state index >= 15 is 0 Å². The first-order chi connectivity index (χ1) is 9.88. The van der Waals surface area contributed by atoms with Gasteiger partial charge in [0.1, 0.15) is 11.5 Å². The molecule has 0 spiro atoms. The molecular weight excluding hydrogens is 330 g/mol. The zero-order valence-electron chi connectivity index (χ0n) is 12.8. The molecule has 0 aliphatic rings. The molecule has 0 saturated heterocycles. The maximum atomic E-state index is 12.8. The van der Waals surface area contributed by atoms with Gasteiger partial charge in [-0.3, -0.25) is 4.79 Å². The predicted molar refractivity (Wildman–Crippen MR) is 87.3 cm³/mol. The lowest BCUT2D eigenvalue weighted by Gasteiger charge is -2.26. The Bertz CT molecular complexity index is 646. The van der Waals surface area contributed by atoms with Crippen molar-refractivity contribution < 1.29 is 9.21 Å². The average molecular weight is 350 g/mol. The van der Waals surface area contributed by atoms with Gasteiger partial charge in [-0.05, 0) is 73.5 Å². The molecule has 2 aromatic rings. The predicted octanol–water partition coefficient (Wildman–Crippen LogP) is 4.71. The molecule has 112 valence electrons. The number of furan rings is 1. The second kappa shape index (κ2) is 6.48. The highest BCUT2D eigenvalue weighted by molar-refractivity contribution is 9.10. The Morgan fingerprint density at radius 3 is 2.48 bits per heavy atom.